The van der Waals surface area contributed by atoms with Crippen LogP contribution in [-0.2, 0) is 4.79 Å². The third-order valence-corrected chi connectivity index (χ3v) is 2.90. The summed E-state index contributed by atoms with van der Waals surface area (Å²) >= 11 is 0. The summed E-state index contributed by atoms with van der Waals surface area (Å²) in [7, 11) is 0. The van der Waals surface area contributed by atoms with Crippen LogP contribution in [0.2, 0.25) is 0 Å². The molecular formula is C15H10N4O5. The van der Waals surface area contributed by atoms with Crippen molar-refractivity contribution < 1.29 is 18.6 Å². The zero-order valence-electron chi connectivity index (χ0n) is 12.1. The van der Waals surface area contributed by atoms with Gasteiger partial charge in [-0.15, -0.1) is 5.10 Å². The van der Waals surface area contributed by atoms with Crippen LogP contribution < -0.4 is 5.32 Å². The van der Waals surface area contributed by atoms with E-state index >= 15 is 0 Å². The van der Waals surface area contributed by atoms with Gasteiger partial charge < -0.3 is 8.83 Å². The molecule has 0 saturated heterocycles. The van der Waals surface area contributed by atoms with E-state index < -0.39 is 10.8 Å². The molecule has 0 unspecified atom stereocenters. The minimum Gasteiger partial charge on any atom is -0.459 e. The maximum atomic E-state index is 11.8. The maximum Gasteiger partial charge on any atom is 0.322 e. The molecule has 9 nitrogen and oxygen atoms in total. The van der Waals surface area contributed by atoms with Crippen LogP contribution in [0, 0.1) is 10.1 Å². The van der Waals surface area contributed by atoms with E-state index in [4.69, 9.17) is 8.83 Å². The molecule has 1 N–H and O–H groups in total. The van der Waals surface area contributed by atoms with E-state index in [1.807, 2.05) is 0 Å². The zero-order chi connectivity index (χ0) is 16.9. The highest BCUT2D eigenvalue weighted by molar-refractivity contribution is 6.00. The highest BCUT2D eigenvalue weighted by Crippen LogP contribution is 2.20. The molecule has 24 heavy (non-hydrogen) atoms. The average Bonchev–Trinajstić information content (AvgIpc) is 3.24. The Bertz CT molecular complexity index is 898. The Kier molecular flexibility index (Phi) is 4.15. The Morgan fingerprint density at radius 3 is 2.88 bits per heavy atom. The van der Waals surface area contributed by atoms with Crippen molar-refractivity contribution in [2.75, 3.05) is 5.32 Å². The van der Waals surface area contributed by atoms with Crippen molar-refractivity contribution in [3.63, 3.8) is 0 Å². The van der Waals surface area contributed by atoms with Gasteiger partial charge in [0, 0.05) is 18.2 Å². The molecule has 2 aromatic heterocycles. The predicted molar refractivity (Wildman–Crippen MR) is 82.8 cm³/mol. The van der Waals surface area contributed by atoms with Gasteiger partial charge in [-0.05, 0) is 23.8 Å². The normalized spacial score (nSPS) is 10.8. The monoisotopic (exact) mass is 326 g/mol. The van der Waals surface area contributed by atoms with E-state index in [0.717, 1.165) is 0 Å². The van der Waals surface area contributed by atoms with E-state index in [0.29, 0.717) is 11.3 Å². The Balaban J connectivity index is 1.65. The summed E-state index contributed by atoms with van der Waals surface area (Å²) in [6.07, 6.45) is 4.10. The molecule has 0 radical (unpaired) electrons. The maximum absolute atomic E-state index is 11.8. The number of nitrogens with one attached hydrogen (secondary N) is 1. The highest BCUT2D eigenvalue weighted by Gasteiger charge is 2.12. The summed E-state index contributed by atoms with van der Waals surface area (Å²) in [6, 6.07) is 9.11. The van der Waals surface area contributed by atoms with Crippen LogP contribution in [0.15, 0.2) is 57.6 Å². The molecule has 9 heteroatoms. The summed E-state index contributed by atoms with van der Waals surface area (Å²) in [5.74, 6) is 0.00394. The molecule has 1 amide bonds. The van der Waals surface area contributed by atoms with E-state index in [9.17, 15) is 14.9 Å². The van der Waals surface area contributed by atoms with Gasteiger partial charge in [0.25, 0.3) is 17.5 Å². The molecule has 120 valence electrons. The molecule has 1 aromatic carbocycles. The van der Waals surface area contributed by atoms with Gasteiger partial charge in [-0.25, -0.2) is 0 Å². The van der Waals surface area contributed by atoms with Crippen LogP contribution in [0.3, 0.4) is 0 Å². The van der Waals surface area contributed by atoms with Gasteiger partial charge in [0.15, 0.2) is 5.76 Å². The molecule has 0 atom stereocenters. The molecule has 0 bridgehead atoms. The standard InChI is InChI=1S/C15H10N4O5/c20-13(7-6-10-3-1-4-11(9-10)19(21)22)16-15-18-17-14(24-15)12-5-2-8-23-12/h1-9H,(H,16,18,20). The number of aromatic nitrogens is 2. The number of furan rings is 1. The number of nitrogens with zero attached hydrogens (tertiary/aromatic N) is 3. The van der Waals surface area contributed by atoms with Crippen molar-refractivity contribution >= 4 is 23.7 Å². The predicted octanol–water partition coefficient (Wildman–Crippen LogP) is 2.89. The van der Waals surface area contributed by atoms with Crippen LogP contribution in [0.4, 0.5) is 11.7 Å². The molecule has 0 aliphatic heterocycles. The third kappa shape index (κ3) is 3.53. The van der Waals surface area contributed by atoms with Crippen molar-refractivity contribution in [3.8, 4) is 11.7 Å². The van der Waals surface area contributed by atoms with Crippen LogP contribution in [0.5, 0.6) is 0 Å². The fourth-order valence-corrected chi connectivity index (χ4v) is 1.83. The minimum atomic E-state index is -0.517. The molecule has 0 fully saturated rings. The van der Waals surface area contributed by atoms with Crippen LogP contribution in [0.25, 0.3) is 17.7 Å². The molecular weight excluding hydrogens is 316 g/mol. The van der Waals surface area contributed by atoms with Gasteiger partial charge in [0.1, 0.15) is 0 Å². The lowest BCUT2D eigenvalue weighted by atomic mass is 10.2. The second-order valence-corrected chi connectivity index (χ2v) is 4.56. The second-order valence-electron chi connectivity index (χ2n) is 4.56. The average molecular weight is 326 g/mol. The number of amides is 1. The van der Waals surface area contributed by atoms with Crippen molar-refractivity contribution in [2.45, 2.75) is 0 Å². The van der Waals surface area contributed by atoms with Crippen molar-refractivity contribution in [2.24, 2.45) is 0 Å². The molecule has 0 aliphatic carbocycles. The number of carbonyl (C=O) groups is 1. The number of benzene rings is 1. The zero-order valence-corrected chi connectivity index (χ0v) is 12.1. The lowest BCUT2D eigenvalue weighted by Crippen LogP contribution is -2.07. The Morgan fingerprint density at radius 2 is 2.12 bits per heavy atom. The number of hydrogen-bond acceptors (Lipinski definition) is 7. The first-order valence-electron chi connectivity index (χ1n) is 6.73. The Morgan fingerprint density at radius 1 is 1.25 bits per heavy atom. The van der Waals surface area contributed by atoms with Gasteiger partial charge in [-0.2, -0.15) is 0 Å². The summed E-state index contributed by atoms with van der Waals surface area (Å²) in [5.41, 5.74) is 0.457. The first-order chi connectivity index (χ1) is 11.6. The summed E-state index contributed by atoms with van der Waals surface area (Å²) in [5, 5.41) is 20.5. The number of hydrogen-bond donors (Lipinski definition) is 1. The van der Waals surface area contributed by atoms with Crippen molar-refractivity contribution in [1.29, 1.82) is 0 Å². The Hall–Kier alpha value is -3.75. The van der Waals surface area contributed by atoms with Gasteiger partial charge in [0.2, 0.25) is 0 Å². The van der Waals surface area contributed by atoms with Crippen molar-refractivity contribution in [3.05, 3.63) is 64.4 Å². The quantitative estimate of drug-likeness (QED) is 0.434. The minimum absolute atomic E-state index is 0.0578. The molecule has 2 heterocycles. The number of anilines is 1. The number of non-ortho nitro benzene ring substituents is 1. The molecule has 3 rings (SSSR count). The van der Waals surface area contributed by atoms with Gasteiger partial charge in [-0.3, -0.25) is 20.2 Å². The third-order valence-electron chi connectivity index (χ3n) is 2.90. The highest BCUT2D eigenvalue weighted by atomic mass is 16.6. The molecule has 3 aromatic rings. The number of nitro benzene ring substituents is 1. The SMILES string of the molecule is O=C(C=Cc1cccc([N+](=O)[O-])c1)Nc1nnc(-c2ccco2)o1. The molecule has 0 spiro atoms. The van der Waals surface area contributed by atoms with Crippen molar-refractivity contribution in [1.82, 2.24) is 10.2 Å². The van der Waals surface area contributed by atoms with E-state index in [1.54, 1.807) is 18.2 Å². The summed E-state index contributed by atoms with van der Waals surface area (Å²) in [4.78, 5) is 22.0. The van der Waals surface area contributed by atoms with Crippen LogP contribution >= 0.6 is 0 Å². The number of carbonyl (C=O) groups excluding carboxylic acids is 1. The van der Waals surface area contributed by atoms with Gasteiger partial charge >= 0.3 is 6.01 Å². The lowest BCUT2D eigenvalue weighted by Gasteiger charge is -1.95. The topological polar surface area (TPSA) is 124 Å². The van der Waals surface area contributed by atoms with Crippen LogP contribution in [-0.4, -0.2) is 21.0 Å². The lowest BCUT2D eigenvalue weighted by molar-refractivity contribution is -0.384. The summed E-state index contributed by atoms with van der Waals surface area (Å²) < 4.78 is 10.3. The molecule has 0 aliphatic rings. The molecule has 0 saturated carbocycles. The first-order valence-corrected chi connectivity index (χ1v) is 6.73. The Labute approximate surface area is 134 Å². The number of nitro groups is 1. The smallest absolute Gasteiger partial charge is 0.322 e. The van der Waals surface area contributed by atoms with E-state index in [-0.39, 0.29) is 17.6 Å². The van der Waals surface area contributed by atoms with Gasteiger partial charge in [-0.1, -0.05) is 17.2 Å². The van der Waals surface area contributed by atoms with Crippen LogP contribution in [0.1, 0.15) is 5.56 Å². The second kappa shape index (κ2) is 6.57. The van der Waals surface area contributed by atoms with E-state index in [2.05, 4.69) is 15.5 Å². The van der Waals surface area contributed by atoms with E-state index in [1.165, 1.54) is 36.6 Å². The van der Waals surface area contributed by atoms with Gasteiger partial charge in [0.05, 0.1) is 11.2 Å². The first kappa shape index (κ1) is 15.2. The fourth-order valence-electron chi connectivity index (χ4n) is 1.83. The fraction of sp³-hybridized carbons (Fsp3) is 0. The summed E-state index contributed by atoms with van der Waals surface area (Å²) in [6.45, 7) is 0. The largest absolute Gasteiger partial charge is 0.459 e. The number of rotatable bonds is 5.